The van der Waals surface area contributed by atoms with Gasteiger partial charge >= 0.3 is 0 Å². The monoisotopic (exact) mass is 289 g/mol. The van der Waals surface area contributed by atoms with Crippen molar-refractivity contribution < 1.29 is 9.53 Å². The Labute approximate surface area is 122 Å². The summed E-state index contributed by atoms with van der Waals surface area (Å²) in [6.07, 6.45) is 2.11. The van der Waals surface area contributed by atoms with E-state index in [1.54, 1.807) is 18.2 Å². The van der Waals surface area contributed by atoms with Crippen LogP contribution in [-0.2, 0) is 0 Å². The normalized spacial score (nSPS) is 10.6. The van der Waals surface area contributed by atoms with Crippen molar-refractivity contribution in [3.8, 4) is 5.75 Å². The predicted octanol–water partition coefficient (Wildman–Crippen LogP) is 1.01. The molecule has 0 radical (unpaired) electrons. The van der Waals surface area contributed by atoms with Crippen LogP contribution in [0.5, 0.6) is 5.75 Å². The van der Waals surface area contributed by atoms with Gasteiger partial charge in [-0.2, -0.15) is 0 Å². The number of aromatic amines is 1. The van der Waals surface area contributed by atoms with Crippen molar-refractivity contribution in [1.29, 1.82) is 0 Å². The molecule has 6 heteroatoms. The highest BCUT2D eigenvalue weighted by atomic mass is 16.5. The number of nitrogens with two attached hydrogens (primary N) is 1. The van der Waals surface area contributed by atoms with Crippen LogP contribution in [0.2, 0.25) is 0 Å². The maximum Gasteiger partial charge on any atom is 0.256 e. The van der Waals surface area contributed by atoms with Crippen LogP contribution < -0.4 is 21.2 Å². The number of benzene rings is 1. The second-order valence-corrected chi connectivity index (χ2v) is 4.57. The lowest BCUT2D eigenvalue weighted by Crippen LogP contribution is -2.30. The molecule has 0 bridgehead atoms. The van der Waals surface area contributed by atoms with Gasteiger partial charge in [-0.1, -0.05) is 0 Å². The molecule has 0 fully saturated rings. The second-order valence-electron chi connectivity index (χ2n) is 4.57. The van der Waals surface area contributed by atoms with Crippen LogP contribution in [0.1, 0.15) is 23.7 Å². The minimum atomic E-state index is -0.395. The van der Waals surface area contributed by atoms with E-state index in [1.165, 1.54) is 6.20 Å². The molecule has 0 atom stereocenters. The average molecular weight is 289 g/mol. The Morgan fingerprint density at radius 2 is 2.24 bits per heavy atom. The van der Waals surface area contributed by atoms with E-state index in [0.717, 1.165) is 0 Å². The van der Waals surface area contributed by atoms with Gasteiger partial charge in [0.1, 0.15) is 11.3 Å². The molecule has 0 unspecified atom stereocenters. The van der Waals surface area contributed by atoms with Crippen LogP contribution in [0, 0.1) is 0 Å². The van der Waals surface area contributed by atoms with Gasteiger partial charge in [-0.15, -0.1) is 0 Å². The number of nitrogens with one attached hydrogen (secondary N) is 2. The molecule has 0 aliphatic carbocycles. The Bertz CT molecular complexity index is 694. The molecule has 0 saturated heterocycles. The lowest BCUT2D eigenvalue weighted by Gasteiger charge is -2.07. The van der Waals surface area contributed by atoms with Gasteiger partial charge in [0.05, 0.1) is 6.61 Å². The fourth-order valence-electron chi connectivity index (χ4n) is 2.02. The van der Waals surface area contributed by atoms with Gasteiger partial charge in [0.15, 0.2) is 0 Å². The summed E-state index contributed by atoms with van der Waals surface area (Å²) in [4.78, 5) is 27.3. The van der Waals surface area contributed by atoms with Crippen molar-refractivity contribution in [1.82, 2.24) is 10.3 Å². The lowest BCUT2D eigenvalue weighted by atomic mass is 10.1. The Balaban J connectivity index is 2.35. The van der Waals surface area contributed by atoms with E-state index in [4.69, 9.17) is 10.5 Å². The maximum atomic E-state index is 12.4. The van der Waals surface area contributed by atoms with E-state index in [1.807, 2.05) is 6.92 Å². The third-order valence-electron chi connectivity index (χ3n) is 3.07. The smallest absolute Gasteiger partial charge is 0.256 e. The third-order valence-corrected chi connectivity index (χ3v) is 3.07. The number of fused-ring (bicyclic) bond motifs is 1. The molecule has 0 aliphatic rings. The molecule has 1 heterocycles. The summed E-state index contributed by atoms with van der Waals surface area (Å²) in [6, 6.07) is 5.19. The molecule has 1 aromatic carbocycles. The highest BCUT2D eigenvalue weighted by Crippen LogP contribution is 2.17. The molecule has 2 aromatic rings. The van der Waals surface area contributed by atoms with Crippen LogP contribution in [0.4, 0.5) is 0 Å². The van der Waals surface area contributed by atoms with Crippen LogP contribution in [-0.4, -0.2) is 30.6 Å². The molecular formula is C15H19N3O3. The number of carbonyl (C=O) groups excluding carboxylic acids is 1. The Morgan fingerprint density at radius 1 is 1.43 bits per heavy atom. The fraction of sp³-hybridized carbons (Fsp3) is 0.333. The molecule has 1 amide bonds. The van der Waals surface area contributed by atoms with Crippen LogP contribution >= 0.6 is 0 Å². The third kappa shape index (κ3) is 3.41. The summed E-state index contributed by atoms with van der Waals surface area (Å²) >= 11 is 0. The number of pyridine rings is 1. The van der Waals surface area contributed by atoms with Crippen molar-refractivity contribution in [3.63, 3.8) is 0 Å². The zero-order valence-corrected chi connectivity index (χ0v) is 11.9. The zero-order valence-electron chi connectivity index (χ0n) is 11.9. The number of carbonyl (C=O) groups is 1. The highest BCUT2D eigenvalue weighted by Gasteiger charge is 2.13. The molecular weight excluding hydrogens is 270 g/mol. The van der Waals surface area contributed by atoms with Crippen molar-refractivity contribution in [2.75, 3.05) is 19.7 Å². The largest absolute Gasteiger partial charge is 0.494 e. The SMILES string of the molecule is CCOc1ccc2[nH]cc(C(=O)NCCCN)c(=O)c2c1. The van der Waals surface area contributed by atoms with E-state index in [9.17, 15) is 9.59 Å². The van der Waals surface area contributed by atoms with E-state index in [0.29, 0.717) is 42.8 Å². The van der Waals surface area contributed by atoms with Gasteiger partial charge in [0, 0.05) is 23.6 Å². The Hall–Kier alpha value is -2.34. The first-order chi connectivity index (χ1) is 10.2. The Kier molecular flexibility index (Phi) is 4.94. The van der Waals surface area contributed by atoms with Crippen LogP contribution in [0.25, 0.3) is 10.9 Å². The van der Waals surface area contributed by atoms with E-state index < -0.39 is 5.91 Å². The van der Waals surface area contributed by atoms with Gasteiger partial charge in [-0.3, -0.25) is 9.59 Å². The number of aromatic nitrogens is 1. The fourth-order valence-corrected chi connectivity index (χ4v) is 2.02. The topological polar surface area (TPSA) is 97.2 Å². The first-order valence-corrected chi connectivity index (χ1v) is 6.94. The number of hydrogen-bond acceptors (Lipinski definition) is 4. The van der Waals surface area contributed by atoms with Crippen LogP contribution in [0.3, 0.4) is 0 Å². The summed E-state index contributed by atoms with van der Waals surface area (Å²) in [6.45, 7) is 3.33. The quantitative estimate of drug-likeness (QED) is 0.691. The molecule has 0 spiro atoms. The molecule has 4 N–H and O–H groups in total. The summed E-state index contributed by atoms with van der Waals surface area (Å²) in [5.74, 6) is 0.213. The molecule has 0 aliphatic heterocycles. The van der Waals surface area contributed by atoms with Gasteiger partial charge in [0.25, 0.3) is 5.91 Å². The number of ether oxygens (including phenoxy) is 1. The van der Waals surface area contributed by atoms with Crippen molar-refractivity contribution in [2.24, 2.45) is 5.73 Å². The van der Waals surface area contributed by atoms with Crippen molar-refractivity contribution >= 4 is 16.8 Å². The van der Waals surface area contributed by atoms with Crippen molar-refractivity contribution in [3.05, 3.63) is 40.2 Å². The summed E-state index contributed by atoms with van der Waals surface area (Å²) in [5.41, 5.74) is 5.82. The predicted molar refractivity (Wildman–Crippen MR) is 81.7 cm³/mol. The molecule has 1 aromatic heterocycles. The van der Waals surface area contributed by atoms with Gasteiger partial charge in [-0.25, -0.2) is 0 Å². The average Bonchev–Trinajstić information content (AvgIpc) is 2.48. The molecule has 112 valence electrons. The second kappa shape index (κ2) is 6.90. The molecule has 2 rings (SSSR count). The molecule has 0 saturated carbocycles. The summed E-state index contributed by atoms with van der Waals surface area (Å²) in [5, 5.41) is 3.11. The number of hydrogen-bond donors (Lipinski definition) is 3. The first kappa shape index (κ1) is 15.1. The van der Waals surface area contributed by atoms with E-state index in [-0.39, 0.29) is 11.0 Å². The Morgan fingerprint density at radius 3 is 2.95 bits per heavy atom. The number of H-pyrrole nitrogens is 1. The van der Waals surface area contributed by atoms with Crippen molar-refractivity contribution in [2.45, 2.75) is 13.3 Å². The van der Waals surface area contributed by atoms with E-state index >= 15 is 0 Å². The first-order valence-electron chi connectivity index (χ1n) is 6.94. The summed E-state index contributed by atoms with van der Waals surface area (Å²) in [7, 11) is 0. The minimum absolute atomic E-state index is 0.0909. The molecule has 6 nitrogen and oxygen atoms in total. The van der Waals surface area contributed by atoms with E-state index in [2.05, 4.69) is 10.3 Å². The zero-order chi connectivity index (χ0) is 15.2. The minimum Gasteiger partial charge on any atom is -0.494 e. The highest BCUT2D eigenvalue weighted by molar-refractivity contribution is 5.97. The van der Waals surface area contributed by atoms with Crippen LogP contribution in [0.15, 0.2) is 29.2 Å². The number of rotatable bonds is 6. The summed E-state index contributed by atoms with van der Waals surface area (Å²) < 4.78 is 5.38. The van der Waals surface area contributed by atoms with Gasteiger partial charge < -0.3 is 20.8 Å². The molecule has 21 heavy (non-hydrogen) atoms. The van der Waals surface area contributed by atoms with Gasteiger partial charge in [-0.05, 0) is 38.1 Å². The van der Waals surface area contributed by atoms with Gasteiger partial charge in [0.2, 0.25) is 5.43 Å². The maximum absolute atomic E-state index is 12.4. The standard InChI is InChI=1S/C15H19N3O3/c1-2-21-10-4-5-13-11(8-10)14(19)12(9-18-13)15(20)17-7-3-6-16/h4-5,8-9H,2-3,6-7,16H2,1H3,(H,17,20)(H,18,19). The lowest BCUT2D eigenvalue weighted by molar-refractivity contribution is 0.0952. The number of amides is 1.